The molecule has 0 aromatic heterocycles. The van der Waals surface area contributed by atoms with E-state index in [-0.39, 0.29) is 28.3 Å². The average molecular weight is 479 g/mol. The normalized spacial score (nSPS) is 16.6. The molecular weight excluding hydrogens is 448 g/mol. The molecule has 0 unspecified atom stereocenters. The van der Waals surface area contributed by atoms with Gasteiger partial charge in [-0.2, -0.15) is 4.72 Å². The van der Waals surface area contributed by atoms with Crippen molar-refractivity contribution >= 4 is 27.5 Å². The van der Waals surface area contributed by atoms with Gasteiger partial charge in [-0.3, -0.25) is 4.79 Å². The summed E-state index contributed by atoms with van der Waals surface area (Å²) in [4.78, 5) is 13.2. The number of carbonyl (C=O) groups is 1. The minimum atomic E-state index is -3.98. The van der Waals surface area contributed by atoms with E-state index in [1.807, 2.05) is 30.3 Å². The van der Waals surface area contributed by atoms with E-state index >= 15 is 0 Å². The summed E-state index contributed by atoms with van der Waals surface area (Å²) in [5.41, 5.74) is 0.876. The van der Waals surface area contributed by atoms with Crippen LogP contribution >= 0.6 is 11.6 Å². The summed E-state index contributed by atoms with van der Waals surface area (Å²) in [6.45, 7) is 0. The second-order valence-corrected chi connectivity index (χ2v) is 10.3. The Bertz CT molecular complexity index is 990. The quantitative estimate of drug-likeness (QED) is 0.586. The predicted octanol–water partition coefficient (Wildman–Crippen LogP) is 4.47. The van der Waals surface area contributed by atoms with E-state index < -0.39 is 16.1 Å². The smallest absolute Gasteiger partial charge is 0.241 e. The van der Waals surface area contributed by atoms with Gasteiger partial charge in [0.15, 0.2) is 0 Å². The summed E-state index contributed by atoms with van der Waals surface area (Å²) >= 11 is 6.13. The Morgan fingerprint density at radius 1 is 1.06 bits per heavy atom. The molecule has 2 aromatic rings. The van der Waals surface area contributed by atoms with Gasteiger partial charge < -0.3 is 10.1 Å². The van der Waals surface area contributed by atoms with Gasteiger partial charge in [0, 0.05) is 6.04 Å². The summed E-state index contributed by atoms with van der Waals surface area (Å²) in [5, 5.41) is 3.29. The van der Waals surface area contributed by atoms with Crippen molar-refractivity contribution in [3.8, 4) is 5.75 Å². The van der Waals surface area contributed by atoms with E-state index in [9.17, 15) is 13.2 Å². The van der Waals surface area contributed by atoms with Gasteiger partial charge in [0.1, 0.15) is 11.8 Å². The largest absolute Gasteiger partial charge is 0.495 e. The van der Waals surface area contributed by atoms with Crippen LogP contribution in [0.25, 0.3) is 0 Å². The maximum absolute atomic E-state index is 13.2. The van der Waals surface area contributed by atoms with Gasteiger partial charge in [0.05, 0.1) is 17.0 Å². The van der Waals surface area contributed by atoms with Crippen LogP contribution < -0.4 is 14.8 Å². The van der Waals surface area contributed by atoms with Crippen molar-refractivity contribution in [1.82, 2.24) is 10.0 Å². The van der Waals surface area contributed by atoms with Gasteiger partial charge >= 0.3 is 0 Å². The summed E-state index contributed by atoms with van der Waals surface area (Å²) in [7, 11) is -2.52. The Labute approximate surface area is 195 Å². The molecule has 2 aromatic carbocycles. The van der Waals surface area contributed by atoms with Gasteiger partial charge in [-0.25, -0.2) is 8.42 Å². The minimum Gasteiger partial charge on any atom is -0.495 e. The van der Waals surface area contributed by atoms with Crippen LogP contribution in [0.15, 0.2) is 53.4 Å². The Hall–Kier alpha value is -2.09. The van der Waals surface area contributed by atoms with E-state index in [1.165, 1.54) is 44.6 Å². The maximum Gasteiger partial charge on any atom is 0.241 e. The van der Waals surface area contributed by atoms with E-state index in [2.05, 4.69) is 10.0 Å². The Kier molecular flexibility index (Phi) is 8.96. The number of benzene rings is 2. The lowest BCUT2D eigenvalue weighted by atomic mass is 9.96. The van der Waals surface area contributed by atoms with E-state index in [4.69, 9.17) is 16.3 Å². The van der Waals surface area contributed by atoms with Crippen LogP contribution in [0, 0.1) is 0 Å². The highest BCUT2D eigenvalue weighted by atomic mass is 35.5. The molecule has 0 heterocycles. The number of methoxy groups -OCH3 is 1. The van der Waals surface area contributed by atoms with Crippen molar-refractivity contribution in [3.05, 3.63) is 59.1 Å². The van der Waals surface area contributed by atoms with E-state index in [0.29, 0.717) is 5.75 Å². The lowest BCUT2D eigenvalue weighted by Crippen LogP contribution is -2.50. The Balaban J connectivity index is 1.80. The first-order chi connectivity index (χ1) is 15.4. The van der Waals surface area contributed by atoms with Crippen molar-refractivity contribution in [1.29, 1.82) is 0 Å². The molecule has 0 aliphatic heterocycles. The number of halogens is 1. The van der Waals surface area contributed by atoms with Crippen LogP contribution in [0.2, 0.25) is 5.02 Å². The summed E-state index contributed by atoms with van der Waals surface area (Å²) in [6.07, 6.45) is 7.82. The van der Waals surface area contributed by atoms with Crippen molar-refractivity contribution in [2.75, 3.05) is 7.11 Å². The molecule has 2 N–H and O–H groups in total. The second-order valence-electron chi connectivity index (χ2n) is 8.21. The molecule has 32 heavy (non-hydrogen) atoms. The molecule has 1 amide bonds. The molecule has 1 atom stereocenters. The topological polar surface area (TPSA) is 84.5 Å². The van der Waals surface area contributed by atoms with Crippen molar-refractivity contribution in [2.24, 2.45) is 0 Å². The number of hydrogen-bond acceptors (Lipinski definition) is 4. The number of nitrogens with one attached hydrogen (secondary N) is 2. The van der Waals surface area contributed by atoms with Crippen LogP contribution in [-0.2, 0) is 21.2 Å². The first kappa shape index (κ1) is 24.6. The van der Waals surface area contributed by atoms with Crippen LogP contribution in [-0.4, -0.2) is 33.5 Å². The molecule has 1 fully saturated rings. The summed E-state index contributed by atoms with van der Waals surface area (Å²) < 4.78 is 33.9. The van der Waals surface area contributed by atoms with E-state index in [1.54, 1.807) is 0 Å². The van der Waals surface area contributed by atoms with Gasteiger partial charge in [0.25, 0.3) is 0 Å². The molecule has 0 saturated heterocycles. The highest BCUT2D eigenvalue weighted by Gasteiger charge is 2.28. The fourth-order valence-corrected chi connectivity index (χ4v) is 5.55. The van der Waals surface area contributed by atoms with Gasteiger partial charge in [0.2, 0.25) is 15.9 Å². The highest BCUT2D eigenvalue weighted by molar-refractivity contribution is 7.89. The molecule has 0 bridgehead atoms. The molecule has 1 aliphatic rings. The van der Waals surface area contributed by atoms with Crippen LogP contribution in [0.1, 0.15) is 50.5 Å². The Morgan fingerprint density at radius 3 is 2.34 bits per heavy atom. The summed E-state index contributed by atoms with van der Waals surface area (Å²) in [5.74, 6) is 0.0797. The van der Waals surface area contributed by atoms with Crippen molar-refractivity contribution < 1.29 is 17.9 Å². The molecule has 8 heteroatoms. The van der Waals surface area contributed by atoms with Gasteiger partial charge in [-0.05, 0) is 43.0 Å². The van der Waals surface area contributed by atoms with Gasteiger partial charge in [-0.15, -0.1) is 0 Å². The maximum atomic E-state index is 13.2. The van der Waals surface area contributed by atoms with Crippen molar-refractivity contribution in [2.45, 2.75) is 68.3 Å². The lowest BCUT2D eigenvalue weighted by molar-refractivity contribution is -0.123. The highest BCUT2D eigenvalue weighted by Crippen LogP contribution is 2.27. The SMILES string of the molecule is COc1ccc(S(=O)(=O)N[C@H](Cc2ccccc2)C(=O)NC2CCCCCCC2)cc1Cl. The third-order valence-electron chi connectivity index (χ3n) is 5.78. The standard InChI is InChI=1S/C24H31ClN2O4S/c1-31-23-15-14-20(17-21(23)25)32(29,30)27-22(16-18-10-6-5-7-11-18)24(28)26-19-12-8-3-2-4-9-13-19/h5-7,10-11,14-15,17,19,22,27H,2-4,8-9,12-13,16H2,1H3,(H,26,28)/t22-/m1/s1. The zero-order valence-corrected chi connectivity index (χ0v) is 19.9. The molecule has 0 radical (unpaired) electrons. The van der Waals surface area contributed by atoms with Crippen LogP contribution in [0.3, 0.4) is 0 Å². The second kappa shape index (κ2) is 11.7. The number of ether oxygens (including phenoxy) is 1. The first-order valence-corrected chi connectivity index (χ1v) is 13.0. The molecule has 1 saturated carbocycles. The third kappa shape index (κ3) is 6.95. The Morgan fingerprint density at radius 2 is 1.72 bits per heavy atom. The molecule has 1 aliphatic carbocycles. The fourth-order valence-electron chi connectivity index (χ4n) is 4.01. The lowest BCUT2D eigenvalue weighted by Gasteiger charge is -2.25. The fraction of sp³-hybridized carbons (Fsp3) is 0.458. The molecular formula is C24H31ClN2O4S. The summed E-state index contributed by atoms with van der Waals surface area (Å²) in [6, 6.07) is 12.8. The number of rotatable bonds is 8. The average Bonchev–Trinajstić information content (AvgIpc) is 2.75. The predicted molar refractivity (Wildman–Crippen MR) is 127 cm³/mol. The number of hydrogen-bond donors (Lipinski definition) is 2. The number of carbonyl (C=O) groups excluding carboxylic acids is 1. The minimum absolute atomic E-state index is 0.0138. The van der Waals surface area contributed by atoms with E-state index in [0.717, 1.165) is 31.2 Å². The molecule has 0 spiro atoms. The molecule has 174 valence electrons. The monoisotopic (exact) mass is 478 g/mol. The first-order valence-electron chi connectivity index (χ1n) is 11.1. The zero-order valence-electron chi connectivity index (χ0n) is 18.3. The molecule has 3 rings (SSSR count). The molecule has 6 nitrogen and oxygen atoms in total. The number of sulfonamides is 1. The van der Waals surface area contributed by atoms with Crippen LogP contribution in [0.4, 0.5) is 0 Å². The van der Waals surface area contributed by atoms with Crippen LogP contribution in [0.5, 0.6) is 5.75 Å². The zero-order chi connectivity index (χ0) is 23.0. The third-order valence-corrected chi connectivity index (χ3v) is 7.55. The van der Waals surface area contributed by atoms with Crippen molar-refractivity contribution in [3.63, 3.8) is 0 Å². The number of amides is 1. The van der Waals surface area contributed by atoms with Gasteiger partial charge in [-0.1, -0.05) is 74.0 Å².